The lowest BCUT2D eigenvalue weighted by Gasteiger charge is -2.26. The summed E-state index contributed by atoms with van der Waals surface area (Å²) in [5, 5.41) is 3.02. The Bertz CT molecular complexity index is 554. The van der Waals surface area contributed by atoms with E-state index in [1.54, 1.807) is 0 Å². The van der Waals surface area contributed by atoms with Crippen molar-refractivity contribution < 1.29 is 9.47 Å². The maximum atomic E-state index is 5.85. The first-order chi connectivity index (χ1) is 11.6. The minimum absolute atomic E-state index is 0.427. The van der Waals surface area contributed by atoms with Gasteiger partial charge in [-0.3, -0.25) is 4.90 Å². The first-order valence-electron chi connectivity index (χ1n) is 8.33. The van der Waals surface area contributed by atoms with Gasteiger partial charge in [-0.15, -0.1) is 0 Å². The van der Waals surface area contributed by atoms with Crippen LogP contribution in [-0.4, -0.2) is 56.9 Å². The molecule has 2 rings (SSSR count). The van der Waals surface area contributed by atoms with Crippen LogP contribution in [0.4, 0.5) is 0 Å². The van der Waals surface area contributed by atoms with E-state index in [1.807, 2.05) is 31.2 Å². The van der Waals surface area contributed by atoms with Crippen LogP contribution in [0.15, 0.2) is 41.4 Å². The van der Waals surface area contributed by atoms with Crippen molar-refractivity contribution >= 4 is 5.96 Å². The molecule has 0 atom stereocenters. The third-order valence-corrected chi connectivity index (χ3v) is 3.68. The summed E-state index contributed by atoms with van der Waals surface area (Å²) >= 11 is 0. The third kappa shape index (κ3) is 7.02. The van der Waals surface area contributed by atoms with Crippen molar-refractivity contribution in [2.75, 3.05) is 46.0 Å². The number of rotatable bonds is 8. The molecule has 1 aromatic carbocycles. The molecule has 6 nitrogen and oxygen atoms in total. The maximum Gasteiger partial charge on any atom is 0.189 e. The first kappa shape index (κ1) is 18.3. The van der Waals surface area contributed by atoms with E-state index >= 15 is 0 Å². The Morgan fingerprint density at radius 1 is 1.42 bits per heavy atom. The Kier molecular flexibility index (Phi) is 7.58. The molecule has 1 aliphatic heterocycles. The lowest BCUT2D eigenvalue weighted by molar-refractivity contribution is 0.0322. The van der Waals surface area contributed by atoms with Gasteiger partial charge < -0.3 is 20.5 Å². The minimum Gasteiger partial charge on any atom is -0.492 e. The van der Waals surface area contributed by atoms with Crippen LogP contribution >= 0.6 is 0 Å². The van der Waals surface area contributed by atoms with E-state index in [4.69, 9.17) is 15.2 Å². The largest absolute Gasteiger partial charge is 0.492 e. The fourth-order valence-corrected chi connectivity index (χ4v) is 2.32. The average molecular weight is 332 g/mol. The molecule has 0 radical (unpaired) electrons. The summed E-state index contributed by atoms with van der Waals surface area (Å²) in [7, 11) is 0. The quantitative estimate of drug-likeness (QED) is 0.427. The number of guanidine groups is 1. The monoisotopic (exact) mass is 332 g/mol. The molecule has 0 aromatic heterocycles. The van der Waals surface area contributed by atoms with Crippen LogP contribution in [0, 0.1) is 0 Å². The molecule has 0 saturated carbocycles. The van der Waals surface area contributed by atoms with Crippen LogP contribution in [0.25, 0.3) is 0 Å². The van der Waals surface area contributed by atoms with Crippen LogP contribution in [-0.2, 0) is 11.3 Å². The van der Waals surface area contributed by atoms with Crippen LogP contribution in [0.5, 0.6) is 5.75 Å². The summed E-state index contributed by atoms with van der Waals surface area (Å²) < 4.78 is 11.2. The molecule has 0 unspecified atom stereocenters. The van der Waals surface area contributed by atoms with Crippen molar-refractivity contribution in [1.82, 2.24) is 10.2 Å². The Morgan fingerprint density at radius 2 is 2.21 bits per heavy atom. The lowest BCUT2D eigenvalue weighted by atomic mass is 10.2. The second-order valence-electron chi connectivity index (χ2n) is 5.96. The van der Waals surface area contributed by atoms with Gasteiger partial charge in [0.25, 0.3) is 0 Å². The molecule has 0 spiro atoms. The molecular weight excluding hydrogens is 304 g/mol. The highest BCUT2D eigenvalue weighted by Crippen LogP contribution is 2.14. The van der Waals surface area contributed by atoms with Crippen LogP contribution in [0.2, 0.25) is 0 Å². The van der Waals surface area contributed by atoms with Gasteiger partial charge in [-0.05, 0) is 24.6 Å². The Hall–Kier alpha value is -2.05. The van der Waals surface area contributed by atoms with Gasteiger partial charge in [-0.2, -0.15) is 0 Å². The standard InChI is InChI=1S/C18H28N4O2/c1-15(2)13-20-18(19)21-14-16-4-3-5-17(12-16)24-11-8-22-6-9-23-10-7-22/h3-5,12H,1,6-11,13-14H2,2H3,(H3,19,20,21). The molecule has 3 N–H and O–H groups in total. The highest BCUT2D eigenvalue weighted by Gasteiger charge is 2.09. The normalized spacial score (nSPS) is 16.0. The van der Waals surface area contributed by atoms with E-state index < -0.39 is 0 Å². The van der Waals surface area contributed by atoms with Gasteiger partial charge in [0.2, 0.25) is 0 Å². The zero-order chi connectivity index (χ0) is 17.2. The zero-order valence-electron chi connectivity index (χ0n) is 14.5. The van der Waals surface area contributed by atoms with Crippen molar-refractivity contribution in [2.45, 2.75) is 13.5 Å². The van der Waals surface area contributed by atoms with Crippen LogP contribution in [0.1, 0.15) is 12.5 Å². The second kappa shape index (κ2) is 9.95. The van der Waals surface area contributed by atoms with Gasteiger partial charge in [-0.1, -0.05) is 24.3 Å². The van der Waals surface area contributed by atoms with Gasteiger partial charge in [0, 0.05) is 26.2 Å². The Morgan fingerprint density at radius 3 is 2.96 bits per heavy atom. The maximum absolute atomic E-state index is 5.85. The number of benzene rings is 1. The van der Waals surface area contributed by atoms with E-state index in [2.05, 4.69) is 21.8 Å². The van der Waals surface area contributed by atoms with E-state index in [9.17, 15) is 0 Å². The van der Waals surface area contributed by atoms with Gasteiger partial charge in [0.05, 0.1) is 19.8 Å². The molecule has 1 aromatic rings. The van der Waals surface area contributed by atoms with E-state index in [-0.39, 0.29) is 0 Å². The van der Waals surface area contributed by atoms with Crippen LogP contribution in [0.3, 0.4) is 0 Å². The SMILES string of the molecule is C=C(C)CNC(N)=NCc1cccc(OCCN2CCOCC2)c1. The molecule has 0 amide bonds. The molecule has 1 aliphatic rings. The smallest absolute Gasteiger partial charge is 0.189 e. The van der Waals surface area contributed by atoms with E-state index in [0.717, 1.165) is 49.7 Å². The molecule has 1 fully saturated rings. The fraction of sp³-hybridized carbons (Fsp3) is 0.500. The number of hydrogen-bond donors (Lipinski definition) is 2. The molecule has 1 saturated heterocycles. The summed E-state index contributed by atoms with van der Waals surface area (Å²) in [6.45, 7) is 12.1. The minimum atomic E-state index is 0.427. The van der Waals surface area contributed by atoms with E-state index in [0.29, 0.717) is 25.7 Å². The van der Waals surface area contributed by atoms with Gasteiger partial charge >= 0.3 is 0 Å². The van der Waals surface area contributed by atoms with Gasteiger partial charge in [0.1, 0.15) is 12.4 Å². The summed E-state index contributed by atoms with van der Waals surface area (Å²) in [4.78, 5) is 6.68. The molecule has 6 heteroatoms. The molecular formula is C18H28N4O2. The highest BCUT2D eigenvalue weighted by molar-refractivity contribution is 5.78. The lowest BCUT2D eigenvalue weighted by Crippen LogP contribution is -2.38. The third-order valence-electron chi connectivity index (χ3n) is 3.68. The molecule has 0 bridgehead atoms. The fourth-order valence-electron chi connectivity index (χ4n) is 2.32. The average Bonchev–Trinajstić information content (AvgIpc) is 2.59. The predicted octanol–water partition coefficient (Wildman–Crippen LogP) is 1.38. The van der Waals surface area contributed by atoms with Crippen LogP contribution < -0.4 is 15.8 Å². The van der Waals surface area contributed by atoms with Gasteiger partial charge in [0.15, 0.2) is 5.96 Å². The van der Waals surface area contributed by atoms with Crippen molar-refractivity contribution in [2.24, 2.45) is 10.7 Å². The Labute approximate surface area is 144 Å². The topological polar surface area (TPSA) is 72.1 Å². The summed E-state index contributed by atoms with van der Waals surface area (Å²) in [5.41, 5.74) is 7.91. The molecule has 1 heterocycles. The number of morpholine rings is 1. The summed E-state index contributed by atoms with van der Waals surface area (Å²) in [5.74, 6) is 1.29. The number of nitrogens with zero attached hydrogens (tertiary/aromatic N) is 2. The zero-order valence-corrected chi connectivity index (χ0v) is 14.5. The highest BCUT2D eigenvalue weighted by atomic mass is 16.5. The second-order valence-corrected chi connectivity index (χ2v) is 5.96. The van der Waals surface area contributed by atoms with Gasteiger partial charge in [-0.25, -0.2) is 4.99 Å². The number of nitrogens with one attached hydrogen (secondary N) is 1. The van der Waals surface area contributed by atoms with E-state index in [1.165, 1.54) is 0 Å². The Balaban J connectivity index is 1.75. The number of hydrogen-bond acceptors (Lipinski definition) is 4. The summed E-state index contributed by atoms with van der Waals surface area (Å²) in [6.07, 6.45) is 0. The van der Waals surface area contributed by atoms with Crippen molar-refractivity contribution in [1.29, 1.82) is 0 Å². The molecule has 132 valence electrons. The number of ether oxygens (including phenoxy) is 2. The first-order valence-corrected chi connectivity index (χ1v) is 8.33. The molecule has 24 heavy (non-hydrogen) atoms. The molecule has 0 aliphatic carbocycles. The number of nitrogens with two attached hydrogens (primary N) is 1. The van der Waals surface area contributed by atoms with Crippen molar-refractivity contribution in [3.05, 3.63) is 42.0 Å². The van der Waals surface area contributed by atoms with Crippen molar-refractivity contribution in [3.63, 3.8) is 0 Å². The van der Waals surface area contributed by atoms with Crippen molar-refractivity contribution in [3.8, 4) is 5.75 Å². The summed E-state index contributed by atoms with van der Waals surface area (Å²) in [6, 6.07) is 7.97. The predicted molar refractivity (Wildman–Crippen MR) is 97.3 cm³/mol. The number of aliphatic imine (C=N–C) groups is 1.